The number of pyridine rings is 1. The SMILES string of the molecule is CCCCC(CC)CNC(=NCc1ccc(-n2ccnc2C)nc1)NCC. The molecule has 0 fully saturated rings. The Morgan fingerprint density at radius 3 is 2.63 bits per heavy atom. The third-order valence-electron chi connectivity index (χ3n) is 4.75. The molecule has 2 N–H and O–H groups in total. The molecule has 0 amide bonds. The van der Waals surface area contributed by atoms with E-state index in [1.54, 1.807) is 6.20 Å². The maximum absolute atomic E-state index is 4.72. The van der Waals surface area contributed by atoms with Gasteiger partial charge in [-0.3, -0.25) is 4.57 Å². The summed E-state index contributed by atoms with van der Waals surface area (Å²) < 4.78 is 1.97. The Morgan fingerprint density at radius 2 is 2.04 bits per heavy atom. The zero-order valence-electron chi connectivity index (χ0n) is 17.2. The standard InChI is InChI=1S/C21H34N6/c1-5-8-9-18(6-2)14-25-21(22-7-3)26-16-19-10-11-20(24-15-19)27-13-12-23-17(27)4/h10-13,15,18H,5-9,14,16H2,1-4H3,(H2,22,25,26). The number of unbranched alkanes of at least 4 members (excludes halogenated alkanes) is 1. The minimum Gasteiger partial charge on any atom is -0.357 e. The molecule has 0 spiro atoms. The molecule has 2 aromatic rings. The van der Waals surface area contributed by atoms with Crippen molar-refractivity contribution in [1.82, 2.24) is 25.2 Å². The Balaban J connectivity index is 1.94. The fraction of sp³-hybridized carbons (Fsp3) is 0.571. The summed E-state index contributed by atoms with van der Waals surface area (Å²) in [7, 11) is 0. The zero-order chi connectivity index (χ0) is 19.5. The highest BCUT2D eigenvalue weighted by atomic mass is 15.2. The van der Waals surface area contributed by atoms with E-state index >= 15 is 0 Å². The van der Waals surface area contributed by atoms with Crippen molar-refractivity contribution < 1.29 is 0 Å². The van der Waals surface area contributed by atoms with Crippen LogP contribution in [0.2, 0.25) is 0 Å². The average Bonchev–Trinajstić information content (AvgIpc) is 3.12. The second-order valence-electron chi connectivity index (χ2n) is 6.86. The molecule has 0 saturated heterocycles. The van der Waals surface area contributed by atoms with Crippen LogP contribution in [0.1, 0.15) is 57.8 Å². The summed E-state index contributed by atoms with van der Waals surface area (Å²) in [6, 6.07) is 4.09. The van der Waals surface area contributed by atoms with E-state index in [9.17, 15) is 0 Å². The molecular weight excluding hydrogens is 336 g/mol. The summed E-state index contributed by atoms with van der Waals surface area (Å²) in [5.41, 5.74) is 1.09. The van der Waals surface area contributed by atoms with Crippen LogP contribution in [0, 0.1) is 12.8 Å². The molecule has 0 aliphatic rings. The first-order chi connectivity index (χ1) is 13.2. The van der Waals surface area contributed by atoms with E-state index in [4.69, 9.17) is 4.99 Å². The van der Waals surface area contributed by atoms with Crippen LogP contribution in [0.5, 0.6) is 0 Å². The van der Waals surface area contributed by atoms with E-state index in [2.05, 4.69) is 47.4 Å². The third kappa shape index (κ3) is 6.70. The number of aliphatic imine (C=N–C) groups is 1. The van der Waals surface area contributed by atoms with E-state index in [-0.39, 0.29) is 0 Å². The van der Waals surface area contributed by atoms with Crippen LogP contribution < -0.4 is 10.6 Å². The molecule has 0 radical (unpaired) electrons. The number of nitrogens with zero attached hydrogens (tertiary/aromatic N) is 4. The maximum Gasteiger partial charge on any atom is 0.191 e. The summed E-state index contributed by atoms with van der Waals surface area (Å²) in [5, 5.41) is 6.83. The molecule has 0 aliphatic carbocycles. The lowest BCUT2D eigenvalue weighted by molar-refractivity contribution is 0.443. The van der Waals surface area contributed by atoms with E-state index in [0.717, 1.165) is 36.3 Å². The molecule has 2 heterocycles. The van der Waals surface area contributed by atoms with Crippen molar-refractivity contribution in [2.24, 2.45) is 10.9 Å². The Hall–Kier alpha value is -2.37. The van der Waals surface area contributed by atoms with E-state index in [1.807, 2.05) is 30.0 Å². The van der Waals surface area contributed by atoms with Gasteiger partial charge in [0.05, 0.1) is 6.54 Å². The predicted molar refractivity (Wildman–Crippen MR) is 112 cm³/mol. The molecule has 6 heteroatoms. The quantitative estimate of drug-likeness (QED) is 0.492. The van der Waals surface area contributed by atoms with Crippen molar-refractivity contribution in [2.75, 3.05) is 13.1 Å². The van der Waals surface area contributed by atoms with Gasteiger partial charge in [-0.25, -0.2) is 15.0 Å². The first-order valence-corrected chi connectivity index (χ1v) is 10.1. The number of imidazole rings is 1. The summed E-state index contributed by atoms with van der Waals surface area (Å²) in [6.07, 6.45) is 10.6. The number of hydrogen-bond donors (Lipinski definition) is 2. The highest BCUT2D eigenvalue weighted by Crippen LogP contribution is 2.11. The van der Waals surface area contributed by atoms with Gasteiger partial charge in [-0.15, -0.1) is 0 Å². The van der Waals surface area contributed by atoms with E-state index in [1.165, 1.54) is 25.7 Å². The Labute approximate surface area is 163 Å². The highest BCUT2D eigenvalue weighted by molar-refractivity contribution is 5.79. The van der Waals surface area contributed by atoms with Crippen molar-refractivity contribution >= 4 is 5.96 Å². The fourth-order valence-electron chi connectivity index (χ4n) is 2.97. The molecule has 0 aromatic carbocycles. The topological polar surface area (TPSA) is 67.1 Å². The Morgan fingerprint density at radius 1 is 1.19 bits per heavy atom. The maximum atomic E-state index is 4.72. The molecule has 1 unspecified atom stereocenters. The molecule has 0 aliphatic heterocycles. The molecular formula is C21H34N6. The molecule has 1 atom stereocenters. The van der Waals surface area contributed by atoms with Gasteiger partial charge in [-0.05, 0) is 37.8 Å². The van der Waals surface area contributed by atoms with Gasteiger partial charge in [0.1, 0.15) is 11.6 Å². The molecule has 27 heavy (non-hydrogen) atoms. The van der Waals surface area contributed by atoms with Crippen molar-refractivity contribution in [3.8, 4) is 5.82 Å². The average molecular weight is 371 g/mol. The third-order valence-corrected chi connectivity index (χ3v) is 4.75. The molecule has 2 rings (SSSR count). The van der Waals surface area contributed by atoms with Gasteiger partial charge in [-0.1, -0.05) is 39.2 Å². The van der Waals surface area contributed by atoms with Gasteiger partial charge in [-0.2, -0.15) is 0 Å². The second kappa shape index (κ2) is 11.4. The number of guanidine groups is 1. The molecule has 6 nitrogen and oxygen atoms in total. The second-order valence-corrected chi connectivity index (χ2v) is 6.86. The largest absolute Gasteiger partial charge is 0.357 e. The number of rotatable bonds is 10. The number of hydrogen-bond acceptors (Lipinski definition) is 3. The lowest BCUT2D eigenvalue weighted by atomic mass is 9.99. The van der Waals surface area contributed by atoms with E-state index in [0.29, 0.717) is 12.5 Å². The minimum absolute atomic E-state index is 0.608. The van der Waals surface area contributed by atoms with Gasteiger partial charge >= 0.3 is 0 Å². The highest BCUT2D eigenvalue weighted by Gasteiger charge is 2.07. The van der Waals surface area contributed by atoms with Crippen LogP contribution in [-0.2, 0) is 6.54 Å². The van der Waals surface area contributed by atoms with Crippen LogP contribution in [-0.4, -0.2) is 33.6 Å². The summed E-state index contributed by atoms with van der Waals surface area (Å²) in [4.78, 5) is 13.5. The van der Waals surface area contributed by atoms with Crippen LogP contribution in [0.25, 0.3) is 5.82 Å². The lowest BCUT2D eigenvalue weighted by Crippen LogP contribution is -2.39. The molecule has 0 bridgehead atoms. The first-order valence-electron chi connectivity index (χ1n) is 10.1. The van der Waals surface area contributed by atoms with Crippen LogP contribution in [0.15, 0.2) is 35.7 Å². The van der Waals surface area contributed by atoms with Crippen molar-refractivity contribution in [3.63, 3.8) is 0 Å². The molecule has 2 aromatic heterocycles. The van der Waals surface area contributed by atoms with Crippen LogP contribution >= 0.6 is 0 Å². The van der Waals surface area contributed by atoms with Crippen molar-refractivity contribution in [1.29, 1.82) is 0 Å². The van der Waals surface area contributed by atoms with Crippen molar-refractivity contribution in [2.45, 2.75) is 59.9 Å². The number of aryl methyl sites for hydroxylation is 1. The van der Waals surface area contributed by atoms with Gasteiger partial charge in [0.25, 0.3) is 0 Å². The van der Waals surface area contributed by atoms with Crippen LogP contribution in [0.4, 0.5) is 0 Å². The Bertz CT molecular complexity index is 689. The monoisotopic (exact) mass is 370 g/mol. The van der Waals surface area contributed by atoms with Crippen LogP contribution in [0.3, 0.4) is 0 Å². The number of nitrogens with one attached hydrogen (secondary N) is 2. The first kappa shape index (κ1) is 20.9. The summed E-state index contributed by atoms with van der Waals surface area (Å²) in [6.45, 7) is 11.0. The van der Waals surface area contributed by atoms with Gasteiger partial charge in [0.2, 0.25) is 0 Å². The number of aromatic nitrogens is 3. The van der Waals surface area contributed by atoms with Gasteiger partial charge < -0.3 is 10.6 Å². The smallest absolute Gasteiger partial charge is 0.191 e. The predicted octanol–water partition coefficient (Wildman–Crippen LogP) is 3.85. The summed E-state index contributed by atoms with van der Waals surface area (Å²) >= 11 is 0. The normalized spacial score (nSPS) is 12.8. The van der Waals surface area contributed by atoms with E-state index < -0.39 is 0 Å². The zero-order valence-corrected chi connectivity index (χ0v) is 17.2. The molecule has 148 valence electrons. The molecule has 0 saturated carbocycles. The van der Waals surface area contributed by atoms with Crippen molar-refractivity contribution in [3.05, 3.63) is 42.1 Å². The fourth-order valence-corrected chi connectivity index (χ4v) is 2.97. The Kier molecular flexibility index (Phi) is 8.81. The van der Waals surface area contributed by atoms with Gasteiger partial charge in [0.15, 0.2) is 5.96 Å². The summed E-state index contributed by atoms with van der Waals surface area (Å²) in [5.74, 6) is 3.39. The lowest BCUT2D eigenvalue weighted by Gasteiger charge is -2.18. The van der Waals surface area contributed by atoms with Gasteiger partial charge in [0, 0.05) is 31.7 Å². The minimum atomic E-state index is 0.608.